The molecule has 2 N–H and O–H groups in total. The third kappa shape index (κ3) is 17.2. The molecule has 0 heterocycles. The van der Waals surface area contributed by atoms with Crippen LogP contribution in [-0.4, -0.2) is 47.2 Å². The number of hydrogen-bond acceptors (Lipinski definition) is 7. The highest BCUT2D eigenvalue weighted by Gasteiger charge is 2.18. The zero-order valence-electron chi connectivity index (χ0n) is 23.8. The number of benzene rings is 1. The van der Waals surface area contributed by atoms with Crippen LogP contribution in [0.15, 0.2) is 18.2 Å². The number of carboxylic acid groups (broad SMARTS) is 2. The zero-order valence-corrected chi connectivity index (χ0v) is 23.8. The van der Waals surface area contributed by atoms with Gasteiger partial charge in [0.05, 0.1) is 0 Å². The van der Waals surface area contributed by atoms with E-state index in [-0.39, 0.29) is 30.0 Å². The Kier molecular flexibility index (Phi) is 18.1. The molecular formula is C30H47NO8. The number of ether oxygens (including phenoxy) is 2. The Hall–Kier alpha value is -3.10. The van der Waals surface area contributed by atoms with Crippen LogP contribution in [0.25, 0.3) is 0 Å². The Bertz CT molecular complexity index is 819. The van der Waals surface area contributed by atoms with Crippen molar-refractivity contribution in [2.24, 2.45) is 0 Å². The molecule has 0 amide bonds. The first-order valence-electron chi connectivity index (χ1n) is 14.5. The number of anilines is 1. The van der Waals surface area contributed by atoms with Crippen molar-refractivity contribution < 1.29 is 38.9 Å². The van der Waals surface area contributed by atoms with Gasteiger partial charge < -0.3 is 24.6 Å². The molecule has 39 heavy (non-hydrogen) atoms. The van der Waals surface area contributed by atoms with E-state index < -0.39 is 37.0 Å². The van der Waals surface area contributed by atoms with Crippen LogP contribution in [0.4, 0.5) is 5.69 Å². The second kappa shape index (κ2) is 20.8. The number of nitrogens with zero attached hydrogens (tertiary/aromatic N) is 1. The highest BCUT2D eigenvalue weighted by molar-refractivity contribution is 5.81. The summed E-state index contributed by atoms with van der Waals surface area (Å²) in [6, 6.07) is 4.18. The molecule has 1 aromatic rings. The van der Waals surface area contributed by atoms with Crippen molar-refractivity contribution in [3.8, 4) is 11.5 Å². The summed E-state index contributed by atoms with van der Waals surface area (Å²) in [5.74, 6) is -3.22. The fraction of sp³-hybridized carbons (Fsp3) is 0.667. The van der Waals surface area contributed by atoms with Crippen molar-refractivity contribution in [2.75, 3.05) is 18.0 Å². The number of carbonyl (C=O) groups excluding carboxylic acids is 2. The first-order chi connectivity index (χ1) is 18.7. The van der Waals surface area contributed by atoms with Crippen LogP contribution in [0.5, 0.6) is 11.5 Å². The lowest BCUT2D eigenvalue weighted by Crippen LogP contribution is -2.34. The minimum atomic E-state index is -1.23. The fourth-order valence-corrected chi connectivity index (χ4v) is 4.24. The maximum Gasteiger partial charge on any atom is 0.323 e. The Morgan fingerprint density at radius 2 is 0.949 bits per heavy atom. The molecule has 0 fully saturated rings. The Labute approximate surface area is 232 Å². The lowest BCUT2D eigenvalue weighted by atomic mass is 10.1. The predicted molar refractivity (Wildman–Crippen MR) is 150 cm³/mol. The van der Waals surface area contributed by atoms with Crippen LogP contribution in [0.2, 0.25) is 0 Å². The molecule has 0 aliphatic heterocycles. The summed E-state index contributed by atoms with van der Waals surface area (Å²) in [4.78, 5) is 48.7. The molecule has 0 bridgehead atoms. The van der Waals surface area contributed by atoms with E-state index in [9.17, 15) is 29.4 Å². The van der Waals surface area contributed by atoms with Gasteiger partial charge in [0.2, 0.25) is 0 Å². The van der Waals surface area contributed by atoms with E-state index in [0.717, 1.165) is 43.4 Å². The number of carboxylic acids is 2. The molecule has 0 saturated carbocycles. The van der Waals surface area contributed by atoms with Crippen LogP contribution in [0, 0.1) is 0 Å². The maximum atomic E-state index is 12.5. The van der Waals surface area contributed by atoms with Crippen LogP contribution < -0.4 is 14.4 Å². The lowest BCUT2D eigenvalue weighted by Gasteiger charge is -2.22. The van der Waals surface area contributed by atoms with E-state index >= 15 is 0 Å². The van der Waals surface area contributed by atoms with Gasteiger partial charge in [-0.15, -0.1) is 0 Å². The fourth-order valence-electron chi connectivity index (χ4n) is 4.24. The van der Waals surface area contributed by atoms with Gasteiger partial charge >= 0.3 is 23.9 Å². The Morgan fingerprint density at radius 1 is 0.590 bits per heavy atom. The molecule has 9 heteroatoms. The third-order valence-electron chi connectivity index (χ3n) is 6.31. The number of rotatable bonds is 23. The number of hydrogen-bond donors (Lipinski definition) is 2. The van der Waals surface area contributed by atoms with E-state index in [1.165, 1.54) is 56.7 Å². The van der Waals surface area contributed by atoms with Crippen LogP contribution >= 0.6 is 0 Å². The molecular weight excluding hydrogens is 502 g/mol. The molecule has 0 aliphatic rings. The summed E-state index contributed by atoms with van der Waals surface area (Å²) in [7, 11) is 0. The second-order valence-corrected chi connectivity index (χ2v) is 10.00. The summed E-state index contributed by atoms with van der Waals surface area (Å²) in [5.41, 5.74) is 0.166. The summed E-state index contributed by atoms with van der Waals surface area (Å²) in [6.45, 7) is 3.15. The quantitative estimate of drug-likeness (QED) is 0.0864. The number of unbranched alkanes of at least 4 members (excludes halogenated alkanes) is 12. The van der Waals surface area contributed by atoms with Gasteiger partial charge in [0.25, 0.3) is 0 Å². The van der Waals surface area contributed by atoms with Gasteiger partial charge in [-0.3, -0.25) is 19.2 Å². The van der Waals surface area contributed by atoms with Gasteiger partial charge in [0, 0.05) is 36.7 Å². The highest BCUT2D eigenvalue weighted by Crippen LogP contribution is 2.30. The number of esters is 2. The predicted octanol–water partition coefficient (Wildman–Crippen LogP) is 6.75. The zero-order chi connectivity index (χ0) is 28.9. The van der Waals surface area contributed by atoms with Crippen molar-refractivity contribution in [1.29, 1.82) is 0 Å². The molecule has 0 spiro atoms. The van der Waals surface area contributed by atoms with E-state index in [0.29, 0.717) is 12.8 Å². The molecule has 220 valence electrons. The van der Waals surface area contributed by atoms with Crippen molar-refractivity contribution in [1.82, 2.24) is 0 Å². The van der Waals surface area contributed by atoms with Crippen molar-refractivity contribution in [3.63, 3.8) is 0 Å². The van der Waals surface area contributed by atoms with Crippen molar-refractivity contribution in [2.45, 2.75) is 117 Å². The van der Waals surface area contributed by atoms with Crippen LogP contribution in [-0.2, 0) is 19.2 Å². The summed E-state index contributed by atoms with van der Waals surface area (Å²) in [5, 5.41) is 18.5. The van der Waals surface area contributed by atoms with Crippen molar-refractivity contribution >= 4 is 29.6 Å². The van der Waals surface area contributed by atoms with Gasteiger partial charge in [-0.25, -0.2) is 0 Å². The molecule has 1 rings (SSSR count). The molecule has 0 radical (unpaired) electrons. The third-order valence-corrected chi connectivity index (χ3v) is 6.31. The van der Waals surface area contributed by atoms with E-state index in [1.54, 1.807) is 0 Å². The monoisotopic (exact) mass is 549 g/mol. The van der Waals surface area contributed by atoms with E-state index in [4.69, 9.17) is 9.47 Å². The highest BCUT2D eigenvalue weighted by atomic mass is 16.5. The second-order valence-electron chi connectivity index (χ2n) is 10.00. The summed E-state index contributed by atoms with van der Waals surface area (Å²) >= 11 is 0. The van der Waals surface area contributed by atoms with Gasteiger partial charge in [-0.05, 0) is 12.8 Å². The summed E-state index contributed by atoms with van der Waals surface area (Å²) < 4.78 is 11.0. The van der Waals surface area contributed by atoms with Gasteiger partial charge in [0.1, 0.15) is 24.6 Å². The average Bonchev–Trinajstić information content (AvgIpc) is 2.86. The number of carbonyl (C=O) groups is 4. The number of aliphatic carboxylic acids is 2. The average molecular weight is 550 g/mol. The molecule has 0 aromatic heterocycles. The molecule has 0 saturated heterocycles. The molecule has 0 unspecified atom stereocenters. The normalized spacial score (nSPS) is 10.7. The molecule has 0 aliphatic carbocycles. The van der Waals surface area contributed by atoms with Gasteiger partial charge in [-0.2, -0.15) is 0 Å². The Balaban J connectivity index is 2.84. The topological polar surface area (TPSA) is 130 Å². The largest absolute Gasteiger partial charge is 0.480 e. The minimum absolute atomic E-state index is 0.0694. The SMILES string of the molecule is CCCCCCCCCC(=O)Oc1cc(OC(=O)CCCCCCCCC)cc(N(CC(=O)O)CC(=O)O)c1. The summed E-state index contributed by atoms with van der Waals surface area (Å²) in [6.07, 6.45) is 15.2. The van der Waals surface area contributed by atoms with Crippen molar-refractivity contribution in [3.05, 3.63) is 18.2 Å². The smallest absolute Gasteiger partial charge is 0.323 e. The van der Waals surface area contributed by atoms with Gasteiger partial charge in [0.15, 0.2) is 0 Å². The first-order valence-corrected chi connectivity index (χ1v) is 14.5. The van der Waals surface area contributed by atoms with Crippen LogP contribution in [0.1, 0.15) is 117 Å². The first kappa shape index (κ1) is 33.9. The molecule has 0 atom stereocenters. The molecule has 9 nitrogen and oxygen atoms in total. The maximum absolute atomic E-state index is 12.5. The minimum Gasteiger partial charge on any atom is -0.480 e. The van der Waals surface area contributed by atoms with Gasteiger partial charge in [-0.1, -0.05) is 90.9 Å². The van der Waals surface area contributed by atoms with Crippen LogP contribution in [0.3, 0.4) is 0 Å². The van der Waals surface area contributed by atoms with E-state index in [2.05, 4.69) is 13.8 Å². The van der Waals surface area contributed by atoms with E-state index in [1.807, 2.05) is 0 Å². The lowest BCUT2D eigenvalue weighted by molar-refractivity contribution is -0.137. The standard InChI is InChI=1S/C30H47NO8/c1-3-5-7-9-11-13-15-17-29(36)38-25-19-24(31(22-27(32)33)23-28(34)35)20-26(21-25)39-30(37)18-16-14-12-10-8-6-4-2/h19-21H,3-18,22-23H2,1-2H3,(H,32,33)(H,34,35). The molecule has 1 aromatic carbocycles. The Morgan fingerprint density at radius 3 is 1.31 bits per heavy atom.